The van der Waals surface area contributed by atoms with Crippen LogP contribution in [-0.2, 0) is 19.1 Å². The molecule has 0 unspecified atom stereocenters. The van der Waals surface area contributed by atoms with Gasteiger partial charge < -0.3 is 14.2 Å². The predicted octanol–water partition coefficient (Wildman–Crippen LogP) is 3.64. The van der Waals surface area contributed by atoms with Gasteiger partial charge in [-0.3, -0.25) is 10.1 Å². The van der Waals surface area contributed by atoms with Crippen molar-refractivity contribution in [3.8, 4) is 5.75 Å². The number of amides is 2. The van der Waals surface area contributed by atoms with Crippen molar-refractivity contribution < 1.29 is 37.4 Å². The highest BCUT2D eigenvalue weighted by atomic mass is 19.3. The highest BCUT2D eigenvalue weighted by Crippen LogP contribution is 2.22. The number of alkyl halides is 2. The summed E-state index contributed by atoms with van der Waals surface area (Å²) in [5, 5.41) is 1.91. The third-order valence-corrected chi connectivity index (χ3v) is 3.57. The Balaban J connectivity index is 2.15. The van der Waals surface area contributed by atoms with Crippen LogP contribution in [0.15, 0.2) is 54.6 Å². The Morgan fingerprint density at radius 1 is 1.00 bits per heavy atom. The molecule has 2 rings (SSSR count). The number of esters is 1. The number of nitrogens with one attached hydrogen (secondary N) is 1. The fourth-order valence-corrected chi connectivity index (χ4v) is 2.32. The zero-order chi connectivity index (χ0) is 21.9. The maximum atomic E-state index is 12.6. The maximum Gasteiger partial charge on any atom is 0.413 e. The molecule has 0 saturated carbocycles. The van der Waals surface area contributed by atoms with Gasteiger partial charge in [-0.05, 0) is 36.3 Å². The van der Waals surface area contributed by atoms with E-state index in [0.29, 0.717) is 11.1 Å². The van der Waals surface area contributed by atoms with Gasteiger partial charge in [0.25, 0.3) is 5.91 Å². The molecule has 0 atom stereocenters. The highest BCUT2D eigenvalue weighted by Gasteiger charge is 2.17. The SMILES string of the molecule is CCOC(=O)NC(=O)COC(=O)/C(=C/c1ccc(OC(F)F)cc1)c1ccccc1. The Bertz CT molecular complexity index is 897. The van der Waals surface area contributed by atoms with Crippen LogP contribution in [0.1, 0.15) is 18.1 Å². The fourth-order valence-electron chi connectivity index (χ4n) is 2.32. The molecule has 0 aliphatic rings. The van der Waals surface area contributed by atoms with Crippen LogP contribution < -0.4 is 10.1 Å². The van der Waals surface area contributed by atoms with Crippen molar-refractivity contribution in [2.75, 3.05) is 13.2 Å². The van der Waals surface area contributed by atoms with E-state index in [2.05, 4.69) is 9.47 Å². The molecule has 30 heavy (non-hydrogen) atoms. The Kier molecular flexibility index (Phi) is 8.49. The smallest absolute Gasteiger partial charge is 0.413 e. The zero-order valence-electron chi connectivity index (χ0n) is 16.0. The van der Waals surface area contributed by atoms with E-state index in [4.69, 9.17) is 4.74 Å². The minimum Gasteiger partial charge on any atom is -0.452 e. The summed E-state index contributed by atoms with van der Waals surface area (Å²) in [6.07, 6.45) is 0.538. The highest BCUT2D eigenvalue weighted by molar-refractivity contribution is 6.21. The summed E-state index contributed by atoms with van der Waals surface area (Å²) in [5.41, 5.74) is 1.16. The summed E-state index contributed by atoms with van der Waals surface area (Å²) >= 11 is 0. The van der Waals surface area contributed by atoms with Crippen LogP contribution in [0, 0.1) is 0 Å². The van der Waals surface area contributed by atoms with Gasteiger partial charge in [0, 0.05) is 0 Å². The van der Waals surface area contributed by atoms with Crippen LogP contribution in [0.4, 0.5) is 13.6 Å². The number of benzene rings is 2. The Morgan fingerprint density at radius 2 is 1.67 bits per heavy atom. The molecular weight excluding hydrogens is 400 g/mol. The van der Waals surface area contributed by atoms with E-state index in [1.165, 1.54) is 30.3 Å². The van der Waals surface area contributed by atoms with Crippen LogP contribution in [0.25, 0.3) is 11.6 Å². The van der Waals surface area contributed by atoms with Gasteiger partial charge in [-0.15, -0.1) is 0 Å². The zero-order valence-corrected chi connectivity index (χ0v) is 16.0. The second-order valence-electron chi connectivity index (χ2n) is 5.72. The third kappa shape index (κ3) is 7.34. The summed E-state index contributed by atoms with van der Waals surface area (Å²) in [7, 11) is 0. The van der Waals surface area contributed by atoms with Gasteiger partial charge in [0.1, 0.15) is 5.75 Å². The molecule has 2 aromatic rings. The van der Waals surface area contributed by atoms with Crippen LogP contribution in [-0.4, -0.2) is 37.8 Å². The molecule has 158 valence electrons. The first kappa shape index (κ1) is 22.5. The number of carbonyl (C=O) groups is 3. The summed E-state index contributed by atoms with van der Waals surface area (Å²) in [5.74, 6) is -1.68. The van der Waals surface area contributed by atoms with E-state index in [1.807, 2.05) is 5.32 Å². The van der Waals surface area contributed by atoms with E-state index < -0.39 is 31.2 Å². The minimum absolute atomic E-state index is 0.0263. The van der Waals surface area contributed by atoms with Gasteiger partial charge in [0.15, 0.2) is 6.61 Å². The van der Waals surface area contributed by atoms with Crippen molar-refractivity contribution >= 4 is 29.6 Å². The van der Waals surface area contributed by atoms with Crippen molar-refractivity contribution in [3.05, 3.63) is 65.7 Å². The monoisotopic (exact) mass is 419 g/mol. The van der Waals surface area contributed by atoms with Crippen molar-refractivity contribution in [1.29, 1.82) is 0 Å². The van der Waals surface area contributed by atoms with Gasteiger partial charge in [0.2, 0.25) is 0 Å². The van der Waals surface area contributed by atoms with Crippen LogP contribution >= 0.6 is 0 Å². The second kappa shape index (κ2) is 11.3. The number of rotatable bonds is 8. The molecule has 0 aliphatic heterocycles. The lowest BCUT2D eigenvalue weighted by Crippen LogP contribution is -2.34. The molecule has 0 aliphatic carbocycles. The second-order valence-corrected chi connectivity index (χ2v) is 5.72. The number of carbonyl (C=O) groups excluding carboxylic acids is 3. The summed E-state index contributed by atoms with van der Waals surface area (Å²) in [4.78, 5) is 35.5. The van der Waals surface area contributed by atoms with E-state index in [9.17, 15) is 23.2 Å². The fraction of sp³-hybridized carbons (Fsp3) is 0.190. The number of halogens is 2. The van der Waals surface area contributed by atoms with Gasteiger partial charge in [-0.2, -0.15) is 8.78 Å². The summed E-state index contributed by atoms with van der Waals surface area (Å²) in [6, 6.07) is 14.2. The average molecular weight is 419 g/mol. The quantitative estimate of drug-likeness (QED) is 0.399. The number of alkyl carbamates (subject to hydrolysis) is 1. The van der Waals surface area contributed by atoms with Gasteiger partial charge >= 0.3 is 18.7 Å². The van der Waals surface area contributed by atoms with Crippen LogP contribution in [0.3, 0.4) is 0 Å². The first-order chi connectivity index (χ1) is 14.4. The molecule has 2 aromatic carbocycles. The molecule has 0 spiro atoms. The molecular formula is C21H19F2NO6. The predicted molar refractivity (Wildman–Crippen MR) is 104 cm³/mol. The molecule has 0 saturated heterocycles. The molecule has 0 bridgehead atoms. The first-order valence-electron chi connectivity index (χ1n) is 8.84. The lowest BCUT2D eigenvalue weighted by Gasteiger charge is -2.10. The largest absolute Gasteiger partial charge is 0.452 e. The molecule has 0 heterocycles. The van der Waals surface area contributed by atoms with E-state index in [-0.39, 0.29) is 17.9 Å². The molecule has 9 heteroatoms. The molecule has 0 aromatic heterocycles. The molecule has 0 fully saturated rings. The normalized spacial score (nSPS) is 11.0. The van der Waals surface area contributed by atoms with E-state index >= 15 is 0 Å². The summed E-state index contributed by atoms with van der Waals surface area (Å²) < 4.78 is 38.4. The molecule has 0 radical (unpaired) electrons. The molecule has 1 N–H and O–H groups in total. The van der Waals surface area contributed by atoms with Gasteiger partial charge in [-0.1, -0.05) is 42.5 Å². The summed E-state index contributed by atoms with van der Waals surface area (Å²) in [6.45, 7) is -1.97. The topological polar surface area (TPSA) is 90.9 Å². The lowest BCUT2D eigenvalue weighted by atomic mass is 10.0. The third-order valence-electron chi connectivity index (χ3n) is 3.57. The van der Waals surface area contributed by atoms with E-state index in [1.54, 1.807) is 37.3 Å². The maximum absolute atomic E-state index is 12.6. The standard InChI is InChI=1S/C21H19F2NO6/c1-2-28-21(27)24-18(25)13-29-19(26)17(15-6-4-3-5-7-15)12-14-8-10-16(11-9-14)30-20(22)23/h3-12,20H,2,13H2,1H3,(H,24,25,27)/b17-12+. The van der Waals surface area contributed by atoms with Crippen molar-refractivity contribution in [3.63, 3.8) is 0 Å². The first-order valence-corrected chi connectivity index (χ1v) is 8.84. The Morgan fingerprint density at radius 3 is 2.27 bits per heavy atom. The van der Waals surface area contributed by atoms with Crippen molar-refractivity contribution in [2.45, 2.75) is 13.5 Å². The molecule has 2 amide bonds. The lowest BCUT2D eigenvalue weighted by molar-refractivity contribution is -0.142. The van der Waals surface area contributed by atoms with Crippen molar-refractivity contribution in [2.24, 2.45) is 0 Å². The van der Waals surface area contributed by atoms with Gasteiger partial charge in [-0.25, -0.2) is 9.59 Å². The number of hydrogen-bond donors (Lipinski definition) is 1. The number of hydrogen-bond acceptors (Lipinski definition) is 6. The van der Waals surface area contributed by atoms with Crippen molar-refractivity contribution in [1.82, 2.24) is 5.32 Å². The average Bonchev–Trinajstić information content (AvgIpc) is 2.72. The Labute approximate surface area is 171 Å². The number of imide groups is 1. The van der Waals surface area contributed by atoms with Gasteiger partial charge in [0.05, 0.1) is 12.2 Å². The Hall–Kier alpha value is -3.75. The van der Waals surface area contributed by atoms with Crippen LogP contribution in [0.2, 0.25) is 0 Å². The van der Waals surface area contributed by atoms with Crippen LogP contribution in [0.5, 0.6) is 5.75 Å². The number of ether oxygens (including phenoxy) is 3. The van der Waals surface area contributed by atoms with E-state index in [0.717, 1.165) is 0 Å². The molecule has 7 nitrogen and oxygen atoms in total. The minimum atomic E-state index is -2.94.